The molecule has 1 saturated heterocycles. The maximum absolute atomic E-state index is 12.6. The van der Waals surface area contributed by atoms with E-state index in [2.05, 4.69) is 10.6 Å². The van der Waals surface area contributed by atoms with Crippen molar-refractivity contribution in [3.05, 3.63) is 23.2 Å². The summed E-state index contributed by atoms with van der Waals surface area (Å²) in [5.74, 6) is -0.179. The number of nitrogens with one attached hydrogen (secondary N) is 2. The number of anilines is 1. The minimum absolute atomic E-state index is 0.0440. The lowest BCUT2D eigenvalue weighted by Gasteiger charge is -2.17. The summed E-state index contributed by atoms with van der Waals surface area (Å²) in [7, 11) is -1.85. The van der Waals surface area contributed by atoms with Crippen LogP contribution in [-0.2, 0) is 14.8 Å². The van der Waals surface area contributed by atoms with Crippen molar-refractivity contribution in [3.8, 4) is 0 Å². The molecule has 1 aliphatic heterocycles. The van der Waals surface area contributed by atoms with E-state index < -0.39 is 10.0 Å². The van der Waals surface area contributed by atoms with Gasteiger partial charge in [0.1, 0.15) is 4.90 Å². The lowest BCUT2D eigenvalue weighted by atomic mass is 10.3. The summed E-state index contributed by atoms with van der Waals surface area (Å²) in [4.78, 5) is 11.8. The van der Waals surface area contributed by atoms with Gasteiger partial charge in [-0.1, -0.05) is 11.6 Å². The van der Waals surface area contributed by atoms with Crippen molar-refractivity contribution in [1.82, 2.24) is 9.62 Å². The quantitative estimate of drug-likeness (QED) is 0.822. The molecule has 1 amide bonds. The van der Waals surface area contributed by atoms with Crippen molar-refractivity contribution in [2.24, 2.45) is 0 Å². The van der Waals surface area contributed by atoms with Crippen molar-refractivity contribution >= 4 is 33.2 Å². The Hall–Kier alpha value is -1.15. The summed E-state index contributed by atoms with van der Waals surface area (Å²) in [6.07, 6.45) is 2.03. The van der Waals surface area contributed by atoms with Crippen LogP contribution in [0.1, 0.15) is 19.3 Å². The van der Waals surface area contributed by atoms with Gasteiger partial charge in [0.05, 0.1) is 5.02 Å². The summed E-state index contributed by atoms with van der Waals surface area (Å²) in [6.45, 7) is 1.58. The number of hydrogen-bond acceptors (Lipinski definition) is 4. The Morgan fingerprint density at radius 1 is 1.32 bits per heavy atom. The molecule has 0 spiro atoms. The fourth-order valence-electron chi connectivity index (χ4n) is 2.31. The topological polar surface area (TPSA) is 78.5 Å². The van der Waals surface area contributed by atoms with Crippen LogP contribution in [0.4, 0.5) is 5.69 Å². The van der Waals surface area contributed by atoms with E-state index in [9.17, 15) is 13.2 Å². The average molecular weight is 346 g/mol. The number of benzene rings is 1. The molecule has 1 aliphatic rings. The van der Waals surface area contributed by atoms with E-state index >= 15 is 0 Å². The van der Waals surface area contributed by atoms with E-state index in [0.29, 0.717) is 31.7 Å². The van der Waals surface area contributed by atoms with Crippen LogP contribution in [-0.4, -0.2) is 45.3 Å². The van der Waals surface area contributed by atoms with Crippen LogP contribution in [0.2, 0.25) is 5.02 Å². The molecule has 1 fully saturated rings. The lowest BCUT2D eigenvalue weighted by molar-refractivity contribution is -0.116. The standard InChI is InChI=1S/C14H20ClN3O3S/c1-16-7-6-14(19)17-11-4-5-12(15)13(10-11)22(20,21)18-8-2-3-9-18/h4-5,10,16H,2-3,6-9H2,1H3,(H,17,19). The Morgan fingerprint density at radius 2 is 2.00 bits per heavy atom. The molecule has 0 aliphatic carbocycles. The molecular weight excluding hydrogens is 326 g/mol. The number of sulfonamides is 1. The van der Waals surface area contributed by atoms with Gasteiger partial charge in [0.2, 0.25) is 15.9 Å². The smallest absolute Gasteiger partial charge is 0.244 e. The Kier molecular flexibility index (Phi) is 5.80. The first-order valence-corrected chi connectivity index (χ1v) is 9.01. The summed E-state index contributed by atoms with van der Waals surface area (Å²) in [5, 5.41) is 5.73. The van der Waals surface area contributed by atoms with Crippen molar-refractivity contribution < 1.29 is 13.2 Å². The van der Waals surface area contributed by atoms with E-state index in [4.69, 9.17) is 11.6 Å². The van der Waals surface area contributed by atoms with Gasteiger partial charge in [0.25, 0.3) is 0 Å². The van der Waals surface area contributed by atoms with Crippen molar-refractivity contribution in [2.75, 3.05) is 32.0 Å². The first kappa shape index (κ1) is 17.2. The zero-order valence-electron chi connectivity index (χ0n) is 12.4. The van der Waals surface area contributed by atoms with Gasteiger partial charge < -0.3 is 10.6 Å². The normalized spacial score (nSPS) is 15.9. The molecule has 1 aromatic carbocycles. The van der Waals surface area contributed by atoms with Gasteiger partial charge >= 0.3 is 0 Å². The largest absolute Gasteiger partial charge is 0.326 e. The first-order chi connectivity index (χ1) is 10.4. The second-order valence-corrected chi connectivity index (χ2v) is 7.47. The van der Waals surface area contributed by atoms with Gasteiger partial charge in [-0.3, -0.25) is 4.79 Å². The van der Waals surface area contributed by atoms with Crippen LogP contribution >= 0.6 is 11.6 Å². The Morgan fingerprint density at radius 3 is 2.64 bits per heavy atom. The molecular formula is C14H20ClN3O3S. The molecule has 2 N–H and O–H groups in total. The fraction of sp³-hybridized carbons (Fsp3) is 0.500. The summed E-state index contributed by atoms with van der Waals surface area (Å²) in [5.41, 5.74) is 0.434. The zero-order valence-corrected chi connectivity index (χ0v) is 14.0. The number of amides is 1. The van der Waals surface area contributed by atoms with Gasteiger partial charge in [0.15, 0.2) is 0 Å². The molecule has 0 aromatic heterocycles. The van der Waals surface area contributed by atoms with Crippen molar-refractivity contribution in [1.29, 1.82) is 0 Å². The number of carbonyl (C=O) groups excluding carboxylic acids is 1. The molecule has 0 bridgehead atoms. The van der Waals surface area contributed by atoms with Crippen LogP contribution < -0.4 is 10.6 Å². The fourth-order valence-corrected chi connectivity index (χ4v) is 4.33. The van der Waals surface area contributed by atoms with E-state index in [1.165, 1.54) is 16.4 Å². The van der Waals surface area contributed by atoms with Crippen LogP contribution in [0.5, 0.6) is 0 Å². The van der Waals surface area contributed by atoms with Crippen LogP contribution in [0.15, 0.2) is 23.1 Å². The molecule has 6 nitrogen and oxygen atoms in total. The second kappa shape index (κ2) is 7.41. The second-order valence-electron chi connectivity index (χ2n) is 5.16. The Balaban J connectivity index is 2.21. The minimum atomic E-state index is -3.61. The highest BCUT2D eigenvalue weighted by Crippen LogP contribution is 2.29. The predicted molar refractivity (Wildman–Crippen MR) is 86.6 cm³/mol. The summed E-state index contributed by atoms with van der Waals surface area (Å²) < 4.78 is 26.6. The molecule has 122 valence electrons. The van der Waals surface area contributed by atoms with Gasteiger partial charge in [-0.2, -0.15) is 4.31 Å². The average Bonchev–Trinajstić information content (AvgIpc) is 3.02. The highest BCUT2D eigenvalue weighted by molar-refractivity contribution is 7.89. The Bertz CT molecular complexity index is 643. The molecule has 1 heterocycles. The third kappa shape index (κ3) is 3.98. The molecule has 0 saturated carbocycles. The Labute approximate surface area is 135 Å². The van der Waals surface area contributed by atoms with Crippen molar-refractivity contribution in [3.63, 3.8) is 0 Å². The van der Waals surface area contributed by atoms with Crippen molar-refractivity contribution in [2.45, 2.75) is 24.2 Å². The summed E-state index contributed by atoms with van der Waals surface area (Å²) in [6, 6.07) is 4.52. The number of rotatable bonds is 6. The highest BCUT2D eigenvalue weighted by atomic mass is 35.5. The number of hydrogen-bond donors (Lipinski definition) is 2. The zero-order chi connectivity index (χ0) is 16.2. The van der Waals surface area contributed by atoms with Crippen LogP contribution in [0.25, 0.3) is 0 Å². The number of halogens is 1. The highest BCUT2D eigenvalue weighted by Gasteiger charge is 2.29. The molecule has 0 radical (unpaired) electrons. The third-order valence-electron chi connectivity index (χ3n) is 3.50. The monoisotopic (exact) mass is 345 g/mol. The van der Waals surface area contributed by atoms with Crippen LogP contribution in [0, 0.1) is 0 Å². The van der Waals surface area contributed by atoms with Crippen LogP contribution in [0.3, 0.4) is 0 Å². The summed E-state index contributed by atoms with van der Waals surface area (Å²) >= 11 is 6.05. The lowest BCUT2D eigenvalue weighted by Crippen LogP contribution is -2.28. The number of carbonyl (C=O) groups is 1. The molecule has 1 aromatic rings. The van der Waals surface area contributed by atoms with Gasteiger partial charge in [-0.25, -0.2) is 8.42 Å². The SMILES string of the molecule is CNCCC(=O)Nc1ccc(Cl)c(S(=O)(=O)N2CCCC2)c1. The molecule has 2 rings (SSSR count). The van der Waals surface area contributed by atoms with E-state index in [-0.39, 0.29) is 15.8 Å². The molecule has 8 heteroatoms. The maximum Gasteiger partial charge on any atom is 0.244 e. The molecule has 22 heavy (non-hydrogen) atoms. The minimum Gasteiger partial charge on any atom is -0.326 e. The van der Waals surface area contributed by atoms with E-state index in [0.717, 1.165) is 12.8 Å². The molecule has 0 atom stereocenters. The first-order valence-electron chi connectivity index (χ1n) is 7.19. The number of nitrogens with zero attached hydrogens (tertiary/aromatic N) is 1. The van der Waals surface area contributed by atoms with Gasteiger partial charge in [-0.15, -0.1) is 0 Å². The van der Waals surface area contributed by atoms with E-state index in [1.54, 1.807) is 13.1 Å². The maximum atomic E-state index is 12.6. The van der Waals surface area contributed by atoms with Gasteiger partial charge in [0, 0.05) is 31.7 Å². The molecule has 0 unspecified atom stereocenters. The predicted octanol–water partition coefficient (Wildman–Crippen LogP) is 1.67. The third-order valence-corrected chi connectivity index (χ3v) is 5.88. The van der Waals surface area contributed by atoms with E-state index in [1.807, 2.05) is 0 Å². The van der Waals surface area contributed by atoms with Gasteiger partial charge in [-0.05, 0) is 38.1 Å².